The van der Waals surface area contributed by atoms with Crippen molar-refractivity contribution in [3.63, 3.8) is 0 Å². The van der Waals surface area contributed by atoms with Crippen LogP contribution in [0.1, 0.15) is 17.3 Å². The first-order valence-corrected chi connectivity index (χ1v) is 7.90. The topological polar surface area (TPSA) is 108 Å². The highest BCUT2D eigenvalue weighted by Gasteiger charge is 2.23. The summed E-state index contributed by atoms with van der Waals surface area (Å²) in [6.07, 6.45) is -1.24. The number of ether oxygens (including phenoxy) is 2. The molecule has 0 saturated carbocycles. The van der Waals surface area contributed by atoms with E-state index >= 15 is 0 Å². The lowest BCUT2D eigenvalue weighted by atomic mass is 10.2. The Kier molecular flexibility index (Phi) is 6.30. The zero-order valence-corrected chi connectivity index (χ0v) is 15.0. The van der Waals surface area contributed by atoms with Gasteiger partial charge in [0.1, 0.15) is 5.82 Å². The van der Waals surface area contributed by atoms with E-state index in [9.17, 15) is 24.1 Å². The highest BCUT2D eigenvalue weighted by atomic mass is 35.5. The molecule has 0 aromatic heterocycles. The molecular formula is C17H14ClFN2O6. The number of nitro groups is 1. The van der Waals surface area contributed by atoms with Crippen LogP contribution in [0.15, 0.2) is 36.4 Å². The molecule has 0 bridgehead atoms. The summed E-state index contributed by atoms with van der Waals surface area (Å²) >= 11 is 5.82. The Morgan fingerprint density at radius 3 is 2.56 bits per heavy atom. The van der Waals surface area contributed by atoms with Crippen molar-refractivity contribution in [1.82, 2.24) is 0 Å². The molecule has 2 rings (SSSR count). The second-order valence-corrected chi connectivity index (χ2v) is 5.71. The van der Waals surface area contributed by atoms with Crippen LogP contribution in [0.2, 0.25) is 5.02 Å². The molecule has 142 valence electrons. The first-order valence-electron chi connectivity index (χ1n) is 7.52. The normalized spacial score (nSPS) is 11.4. The molecule has 0 fully saturated rings. The summed E-state index contributed by atoms with van der Waals surface area (Å²) in [5.74, 6) is -2.24. The van der Waals surface area contributed by atoms with E-state index < -0.39 is 34.4 Å². The predicted molar refractivity (Wildman–Crippen MR) is 94.6 cm³/mol. The molecule has 0 radical (unpaired) electrons. The van der Waals surface area contributed by atoms with Gasteiger partial charge in [-0.1, -0.05) is 11.6 Å². The van der Waals surface area contributed by atoms with Crippen LogP contribution in [-0.2, 0) is 9.53 Å². The average Bonchev–Trinajstić information content (AvgIpc) is 2.63. The van der Waals surface area contributed by atoms with Crippen molar-refractivity contribution in [2.45, 2.75) is 13.0 Å². The Morgan fingerprint density at radius 1 is 1.26 bits per heavy atom. The molecule has 2 aromatic carbocycles. The van der Waals surface area contributed by atoms with Gasteiger partial charge < -0.3 is 14.8 Å². The number of hydrogen-bond acceptors (Lipinski definition) is 6. The average molecular weight is 397 g/mol. The first-order chi connectivity index (χ1) is 12.7. The van der Waals surface area contributed by atoms with E-state index in [4.69, 9.17) is 21.1 Å². The zero-order chi connectivity index (χ0) is 20.1. The van der Waals surface area contributed by atoms with Crippen LogP contribution < -0.4 is 10.1 Å². The molecule has 1 N–H and O–H groups in total. The van der Waals surface area contributed by atoms with Gasteiger partial charge in [-0.05, 0) is 37.3 Å². The smallest absolute Gasteiger partial charge is 0.339 e. The van der Waals surface area contributed by atoms with Crippen LogP contribution in [0.25, 0.3) is 0 Å². The number of amides is 1. The molecule has 2 aromatic rings. The van der Waals surface area contributed by atoms with E-state index in [1.165, 1.54) is 32.2 Å². The van der Waals surface area contributed by atoms with Crippen molar-refractivity contribution >= 4 is 34.9 Å². The summed E-state index contributed by atoms with van der Waals surface area (Å²) in [5, 5.41) is 13.4. The Bertz CT molecular complexity index is 905. The number of carbonyl (C=O) groups excluding carboxylic acids is 2. The highest BCUT2D eigenvalue weighted by molar-refractivity contribution is 6.33. The minimum absolute atomic E-state index is 0.0201. The molecule has 0 spiro atoms. The molecule has 0 saturated heterocycles. The van der Waals surface area contributed by atoms with Gasteiger partial charge in [0.2, 0.25) is 0 Å². The SMILES string of the molecule is COc1ccc(C(=O)O[C@H](C)C(=O)Nc2ccc(F)cc2Cl)cc1[N+](=O)[O-]. The third kappa shape index (κ3) is 4.91. The summed E-state index contributed by atoms with van der Waals surface area (Å²) in [5.41, 5.74) is -0.393. The molecule has 0 unspecified atom stereocenters. The number of halogens is 2. The Balaban J connectivity index is 2.09. The van der Waals surface area contributed by atoms with Crippen LogP contribution in [0.5, 0.6) is 5.75 Å². The zero-order valence-electron chi connectivity index (χ0n) is 14.2. The molecular weight excluding hydrogens is 383 g/mol. The van der Waals surface area contributed by atoms with Crippen LogP contribution in [0.3, 0.4) is 0 Å². The molecule has 8 nitrogen and oxygen atoms in total. The van der Waals surface area contributed by atoms with Crippen molar-refractivity contribution in [3.8, 4) is 5.75 Å². The van der Waals surface area contributed by atoms with E-state index in [-0.39, 0.29) is 22.0 Å². The highest BCUT2D eigenvalue weighted by Crippen LogP contribution is 2.28. The maximum Gasteiger partial charge on any atom is 0.339 e. The van der Waals surface area contributed by atoms with Gasteiger partial charge in [0.05, 0.1) is 28.3 Å². The van der Waals surface area contributed by atoms with Gasteiger partial charge in [0.25, 0.3) is 5.91 Å². The standard InChI is InChI=1S/C17H14ClFN2O6/c1-9(16(22)20-13-5-4-11(19)8-12(13)18)27-17(23)10-3-6-15(26-2)14(7-10)21(24)25/h3-9H,1-2H3,(H,20,22)/t9-/m1/s1. The van der Waals surface area contributed by atoms with Gasteiger partial charge in [0, 0.05) is 6.07 Å². The van der Waals surface area contributed by atoms with E-state index in [1.807, 2.05) is 0 Å². The van der Waals surface area contributed by atoms with E-state index in [1.54, 1.807) is 0 Å². The number of benzene rings is 2. The number of carbonyl (C=O) groups is 2. The largest absolute Gasteiger partial charge is 0.490 e. The molecule has 0 aliphatic heterocycles. The van der Waals surface area contributed by atoms with Crippen LogP contribution >= 0.6 is 11.6 Å². The third-order valence-corrected chi connectivity index (χ3v) is 3.77. The summed E-state index contributed by atoms with van der Waals surface area (Å²) in [6, 6.07) is 6.89. The summed E-state index contributed by atoms with van der Waals surface area (Å²) < 4.78 is 22.9. The number of hydrogen-bond donors (Lipinski definition) is 1. The molecule has 1 amide bonds. The maximum atomic E-state index is 13.0. The Labute approximate surface area is 158 Å². The van der Waals surface area contributed by atoms with Crippen molar-refractivity contribution in [2.75, 3.05) is 12.4 Å². The lowest BCUT2D eigenvalue weighted by molar-refractivity contribution is -0.385. The molecule has 0 aliphatic rings. The fraction of sp³-hybridized carbons (Fsp3) is 0.176. The lowest BCUT2D eigenvalue weighted by Gasteiger charge is -2.14. The van der Waals surface area contributed by atoms with Crippen LogP contribution in [0, 0.1) is 15.9 Å². The number of nitrogens with one attached hydrogen (secondary N) is 1. The fourth-order valence-electron chi connectivity index (χ4n) is 2.07. The van der Waals surface area contributed by atoms with Crippen molar-refractivity contribution in [3.05, 3.63) is 62.9 Å². The van der Waals surface area contributed by atoms with E-state index in [2.05, 4.69) is 5.32 Å². The molecule has 10 heteroatoms. The summed E-state index contributed by atoms with van der Waals surface area (Å²) in [4.78, 5) is 34.6. The molecule has 0 heterocycles. The number of nitrogens with zero attached hydrogens (tertiary/aromatic N) is 1. The van der Waals surface area contributed by atoms with Gasteiger partial charge in [-0.3, -0.25) is 14.9 Å². The molecule has 27 heavy (non-hydrogen) atoms. The van der Waals surface area contributed by atoms with Crippen molar-refractivity contribution in [2.24, 2.45) is 0 Å². The monoisotopic (exact) mass is 396 g/mol. The predicted octanol–water partition coefficient (Wildman–Crippen LogP) is 3.58. The molecule has 1 atom stereocenters. The Morgan fingerprint density at radius 2 is 1.96 bits per heavy atom. The van der Waals surface area contributed by atoms with Gasteiger partial charge >= 0.3 is 11.7 Å². The van der Waals surface area contributed by atoms with Gasteiger partial charge in [-0.25, -0.2) is 9.18 Å². The minimum Gasteiger partial charge on any atom is -0.490 e. The second kappa shape index (κ2) is 8.45. The Hall–Kier alpha value is -3.20. The first kappa shape index (κ1) is 20.1. The lowest BCUT2D eigenvalue weighted by Crippen LogP contribution is -2.30. The van der Waals surface area contributed by atoms with Crippen LogP contribution in [-0.4, -0.2) is 30.0 Å². The van der Waals surface area contributed by atoms with Gasteiger partial charge in [0.15, 0.2) is 11.9 Å². The van der Waals surface area contributed by atoms with Crippen LogP contribution in [0.4, 0.5) is 15.8 Å². The maximum absolute atomic E-state index is 13.0. The second-order valence-electron chi connectivity index (χ2n) is 5.30. The van der Waals surface area contributed by atoms with Gasteiger partial charge in [-0.15, -0.1) is 0 Å². The van der Waals surface area contributed by atoms with E-state index in [0.29, 0.717) is 0 Å². The number of nitro benzene ring substituents is 1. The molecule has 0 aliphatic carbocycles. The summed E-state index contributed by atoms with van der Waals surface area (Å²) in [7, 11) is 1.26. The number of methoxy groups -OCH3 is 1. The minimum atomic E-state index is -1.24. The third-order valence-electron chi connectivity index (χ3n) is 3.45. The van der Waals surface area contributed by atoms with E-state index in [0.717, 1.165) is 18.2 Å². The number of anilines is 1. The van der Waals surface area contributed by atoms with Crippen molar-refractivity contribution in [1.29, 1.82) is 0 Å². The quantitative estimate of drug-likeness (QED) is 0.454. The number of rotatable bonds is 6. The van der Waals surface area contributed by atoms with Gasteiger partial charge in [-0.2, -0.15) is 0 Å². The summed E-state index contributed by atoms with van der Waals surface area (Å²) in [6.45, 7) is 1.31. The van der Waals surface area contributed by atoms with Crippen molar-refractivity contribution < 1.29 is 28.4 Å². The fourth-order valence-corrected chi connectivity index (χ4v) is 2.28. The number of esters is 1.